The molecule has 0 aliphatic carbocycles. The van der Waals surface area contributed by atoms with E-state index in [1.807, 2.05) is 6.92 Å². The second kappa shape index (κ2) is 15.4. The van der Waals surface area contributed by atoms with E-state index < -0.39 is 27.7 Å². The van der Waals surface area contributed by atoms with Gasteiger partial charge < -0.3 is 10.1 Å². The Morgan fingerprint density at radius 2 is 1.54 bits per heavy atom. The van der Waals surface area contributed by atoms with Gasteiger partial charge in [-0.3, -0.25) is 13.9 Å². The molecular weight excluding hydrogens is 655 g/mol. The summed E-state index contributed by atoms with van der Waals surface area (Å²) >= 11 is 6.06. The third kappa shape index (κ3) is 8.84. The van der Waals surface area contributed by atoms with Gasteiger partial charge in [0.25, 0.3) is 21.8 Å². The fraction of sp³-hybridized carbons (Fsp3) is 0.0833. The number of hydrogen-bond donors (Lipinski definition) is 2. The number of nitrogens with zero attached hydrogens (tertiary/aromatic N) is 2. The zero-order valence-electron chi connectivity index (χ0n) is 25.6. The molecular formula is C36H30ClFN4O5S. The average Bonchev–Trinajstić information content (AvgIpc) is 3.09. The molecule has 0 saturated carbocycles. The number of ether oxygens (including phenoxy) is 1. The lowest BCUT2D eigenvalue weighted by atomic mass is 10.1. The van der Waals surface area contributed by atoms with Gasteiger partial charge in [0.05, 0.1) is 28.9 Å². The number of amides is 2. The van der Waals surface area contributed by atoms with Crippen molar-refractivity contribution in [3.8, 4) is 5.75 Å². The number of anilines is 2. The standard InChI is InChI=1S/C36H30ClFN4O5S/c1-25-6-20-32(21-7-25)48(45,46)42(23-27-8-12-28(37)13-9-27)34-5-3-2-4-33(34)36(44)41-39-22-26-10-18-31(19-11-26)47-24-35(43)40-30-16-14-29(38)15-17-30/h2-22H,23-24H2,1H3,(H,40,43)(H,41,44)/b39-22-. The molecule has 9 nitrogen and oxygen atoms in total. The molecule has 0 aliphatic heterocycles. The number of nitrogens with one attached hydrogen (secondary N) is 2. The van der Waals surface area contributed by atoms with E-state index >= 15 is 0 Å². The molecule has 0 saturated heterocycles. The van der Waals surface area contributed by atoms with Gasteiger partial charge in [-0.15, -0.1) is 0 Å². The van der Waals surface area contributed by atoms with Crippen LogP contribution in [-0.4, -0.2) is 33.1 Å². The first-order valence-electron chi connectivity index (χ1n) is 14.6. The molecule has 2 N–H and O–H groups in total. The first kappa shape index (κ1) is 33.8. The van der Waals surface area contributed by atoms with Crippen molar-refractivity contribution < 1.29 is 27.1 Å². The smallest absolute Gasteiger partial charge is 0.273 e. The number of hydrogen-bond acceptors (Lipinski definition) is 6. The first-order chi connectivity index (χ1) is 23.1. The number of carbonyl (C=O) groups is 2. The number of benzene rings is 5. The Morgan fingerprint density at radius 1 is 0.875 bits per heavy atom. The topological polar surface area (TPSA) is 117 Å². The summed E-state index contributed by atoms with van der Waals surface area (Å²) in [6.45, 7) is 1.56. The van der Waals surface area contributed by atoms with Gasteiger partial charge in [-0.1, -0.05) is 53.6 Å². The highest BCUT2D eigenvalue weighted by molar-refractivity contribution is 7.92. The van der Waals surface area contributed by atoms with E-state index in [-0.39, 0.29) is 29.3 Å². The number of sulfonamides is 1. The van der Waals surface area contributed by atoms with Crippen LogP contribution in [0.1, 0.15) is 27.0 Å². The average molecular weight is 685 g/mol. The Bertz CT molecular complexity index is 2020. The zero-order valence-corrected chi connectivity index (χ0v) is 27.2. The SMILES string of the molecule is Cc1ccc(S(=O)(=O)N(Cc2ccc(Cl)cc2)c2ccccc2C(=O)N/N=C\c2ccc(OCC(=O)Nc3ccc(F)cc3)cc2)cc1. The number of carbonyl (C=O) groups excluding carboxylic acids is 2. The number of rotatable bonds is 12. The molecule has 5 aromatic rings. The summed E-state index contributed by atoms with van der Waals surface area (Å²) in [7, 11) is -4.10. The van der Waals surface area contributed by atoms with Crippen molar-refractivity contribution >= 4 is 51.0 Å². The molecule has 0 heterocycles. The van der Waals surface area contributed by atoms with Crippen LogP contribution in [0.5, 0.6) is 5.75 Å². The van der Waals surface area contributed by atoms with Crippen LogP contribution in [0.2, 0.25) is 5.02 Å². The van der Waals surface area contributed by atoms with Crippen molar-refractivity contribution in [3.63, 3.8) is 0 Å². The van der Waals surface area contributed by atoms with Crippen LogP contribution in [0.4, 0.5) is 15.8 Å². The van der Waals surface area contributed by atoms with E-state index in [9.17, 15) is 22.4 Å². The van der Waals surface area contributed by atoms with E-state index in [1.165, 1.54) is 53.0 Å². The molecule has 244 valence electrons. The summed E-state index contributed by atoms with van der Waals surface area (Å²) < 4.78 is 47.7. The minimum atomic E-state index is -4.10. The van der Waals surface area contributed by atoms with Gasteiger partial charge >= 0.3 is 0 Å². The summed E-state index contributed by atoms with van der Waals surface area (Å²) in [5, 5.41) is 7.18. The summed E-state index contributed by atoms with van der Waals surface area (Å²) in [6.07, 6.45) is 1.42. The van der Waals surface area contributed by atoms with Crippen molar-refractivity contribution in [2.45, 2.75) is 18.4 Å². The molecule has 0 atom stereocenters. The molecule has 5 rings (SSSR count). The van der Waals surface area contributed by atoms with E-state index in [2.05, 4.69) is 15.8 Å². The van der Waals surface area contributed by atoms with Gasteiger partial charge in [-0.2, -0.15) is 5.10 Å². The Hall–Kier alpha value is -5.52. The third-order valence-corrected chi connectivity index (χ3v) is 9.05. The summed E-state index contributed by atoms with van der Waals surface area (Å²) in [6, 6.07) is 31.7. The number of halogens is 2. The number of aryl methyl sites for hydroxylation is 1. The van der Waals surface area contributed by atoms with Crippen molar-refractivity contribution in [1.82, 2.24) is 5.43 Å². The Morgan fingerprint density at radius 3 is 2.23 bits per heavy atom. The van der Waals surface area contributed by atoms with Gasteiger partial charge in [0.15, 0.2) is 6.61 Å². The first-order valence-corrected chi connectivity index (χ1v) is 16.4. The van der Waals surface area contributed by atoms with Crippen LogP contribution in [-0.2, 0) is 21.4 Å². The van der Waals surface area contributed by atoms with Gasteiger partial charge in [-0.25, -0.2) is 18.2 Å². The molecule has 2 amide bonds. The fourth-order valence-electron chi connectivity index (χ4n) is 4.53. The lowest BCUT2D eigenvalue weighted by Gasteiger charge is -2.26. The number of para-hydroxylation sites is 1. The normalized spacial score (nSPS) is 11.2. The molecule has 0 unspecified atom stereocenters. The van der Waals surface area contributed by atoms with Crippen molar-refractivity contribution in [2.24, 2.45) is 5.10 Å². The maximum Gasteiger partial charge on any atom is 0.273 e. The Balaban J connectivity index is 1.27. The van der Waals surface area contributed by atoms with Crippen LogP contribution in [0, 0.1) is 12.7 Å². The van der Waals surface area contributed by atoms with E-state index in [0.29, 0.717) is 27.6 Å². The molecule has 0 radical (unpaired) electrons. The van der Waals surface area contributed by atoms with Crippen LogP contribution in [0.25, 0.3) is 0 Å². The van der Waals surface area contributed by atoms with Crippen LogP contribution >= 0.6 is 11.6 Å². The number of hydrazone groups is 1. The lowest BCUT2D eigenvalue weighted by Crippen LogP contribution is -2.33. The molecule has 0 aromatic heterocycles. The highest BCUT2D eigenvalue weighted by Gasteiger charge is 2.28. The van der Waals surface area contributed by atoms with E-state index in [1.54, 1.807) is 78.9 Å². The Kier molecular flexibility index (Phi) is 10.8. The van der Waals surface area contributed by atoms with Crippen LogP contribution in [0.3, 0.4) is 0 Å². The van der Waals surface area contributed by atoms with E-state index in [4.69, 9.17) is 16.3 Å². The highest BCUT2D eigenvalue weighted by Crippen LogP contribution is 2.30. The van der Waals surface area contributed by atoms with Crippen LogP contribution < -0.4 is 19.8 Å². The summed E-state index contributed by atoms with van der Waals surface area (Å²) in [5.41, 5.74) is 5.40. The highest BCUT2D eigenvalue weighted by atomic mass is 35.5. The minimum Gasteiger partial charge on any atom is -0.484 e. The predicted molar refractivity (Wildman–Crippen MR) is 184 cm³/mol. The third-order valence-electron chi connectivity index (χ3n) is 7.02. The maximum absolute atomic E-state index is 14.0. The van der Waals surface area contributed by atoms with E-state index in [0.717, 1.165) is 5.56 Å². The maximum atomic E-state index is 14.0. The van der Waals surface area contributed by atoms with Crippen molar-refractivity contribution in [2.75, 3.05) is 16.2 Å². The van der Waals surface area contributed by atoms with Gasteiger partial charge in [-0.05, 0) is 103 Å². The molecule has 0 fully saturated rings. The largest absolute Gasteiger partial charge is 0.484 e. The quantitative estimate of drug-likeness (QED) is 0.109. The predicted octanol–water partition coefficient (Wildman–Crippen LogP) is 6.96. The fourth-order valence-corrected chi connectivity index (χ4v) is 6.13. The van der Waals surface area contributed by atoms with Crippen molar-refractivity contribution in [3.05, 3.63) is 154 Å². The second-order valence-corrected chi connectivity index (χ2v) is 12.9. The molecule has 0 spiro atoms. The monoisotopic (exact) mass is 684 g/mol. The van der Waals surface area contributed by atoms with Crippen molar-refractivity contribution in [1.29, 1.82) is 0 Å². The second-order valence-electron chi connectivity index (χ2n) is 10.6. The minimum absolute atomic E-state index is 0.0523. The van der Waals surface area contributed by atoms with Gasteiger partial charge in [0.1, 0.15) is 11.6 Å². The lowest BCUT2D eigenvalue weighted by molar-refractivity contribution is -0.118. The molecule has 0 bridgehead atoms. The Labute approximate surface area is 282 Å². The molecule has 12 heteroatoms. The van der Waals surface area contributed by atoms with Gasteiger partial charge in [0, 0.05) is 10.7 Å². The molecule has 48 heavy (non-hydrogen) atoms. The zero-order chi connectivity index (χ0) is 34.1. The molecule has 5 aromatic carbocycles. The van der Waals surface area contributed by atoms with Crippen LogP contribution in [0.15, 0.2) is 131 Å². The summed E-state index contributed by atoms with van der Waals surface area (Å²) in [4.78, 5) is 25.6. The summed E-state index contributed by atoms with van der Waals surface area (Å²) in [5.74, 6) is -1.00. The molecule has 0 aliphatic rings. The van der Waals surface area contributed by atoms with Gasteiger partial charge in [0.2, 0.25) is 0 Å².